The SMILES string of the molecule is CCNc1cc(N(C)CC(=O)NC(C)C)nc(COC)n1. The molecule has 7 nitrogen and oxygen atoms in total. The lowest BCUT2D eigenvalue weighted by molar-refractivity contribution is -0.120. The van der Waals surface area contributed by atoms with Crippen molar-refractivity contribution in [3.05, 3.63) is 11.9 Å². The number of nitrogens with one attached hydrogen (secondary N) is 2. The number of ether oxygens (including phenoxy) is 1. The Morgan fingerprint density at radius 3 is 2.71 bits per heavy atom. The highest BCUT2D eigenvalue weighted by Crippen LogP contribution is 2.15. The summed E-state index contributed by atoms with van der Waals surface area (Å²) in [5.74, 6) is 1.96. The van der Waals surface area contributed by atoms with E-state index in [1.165, 1.54) is 0 Å². The molecule has 118 valence electrons. The Balaban J connectivity index is 2.85. The maximum Gasteiger partial charge on any atom is 0.239 e. The summed E-state index contributed by atoms with van der Waals surface area (Å²) in [5.41, 5.74) is 0. The Kier molecular flexibility index (Phi) is 6.87. The molecule has 0 saturated carbocycles. The van der Waals surface area contributed by atoms with E-state index in [0.29, 0.717) is 18.2 Å². The summed E-state index contributed by atoms with van der Waals surface area (Å²) in [4.78, 5) is 22.4. The summed E-state index contributed by atoms with van der Waals surface area (Å²) >= 11 is 0. The summed E-state index contributed by atoms with van der Waals surface area (Å²) in [6, 6.07) is 1.95. The van der Waals surface area contributed by atoms with Crippen molar-refractivity contribution in [2.75, 3.05) is 37.5 Å². The average molecular weight is 295 g/mol. The van der Waals surface area contributed by atoms with Gasteiger partial charge in [0.05, 0.1) is 6.54 Å². The zero-order valence-electron chi connectivity index (χ0n) is 13.4. The lowest BCUT2D eigenvalue weighted by atomic mass is 10.3. The van der Waals surface area contributed by atoms with Gasteiger partial charge >= 0.3 is 0 Å². The van der Waals surface area contributed by atoms with Crippen LogP contribution < -0.4 is 15.5 Å². The lowest BCUT2D eigenvalue weighted by Crippen LogP contribution is -2.39. The van der Waals surface area contributed by atoms with E-state index in [9.17, 15) is 4.79 Å². The van der Waals surface area contributed by atoms with Gasteiger partial charge in [0.2, 0.25) is 5.91 Å². The number of anilines is 2. The summed E-state index contributed by atoms with van der Waals surface area (Å²) < 4.78 is 5.08. The summed E-state index contributed by atoms with van der Waals surface area (Å²) in [6.07, 6.45) is 0. The van der Waals surface area contributed by atoms with Crippen molar-refractivity contribution in [1.82, 2.24) is 15.3 Å². The quantitative estimate of drug-likeness (QED) is 0.745. The van der Waals surface area contributed by atoms with Gasteiger partial charge in [-0.15, -0.1) is 0 Å². The van der Waals surface area contributed by atoms with Crippen LogP contribution in [0.4, 0.5) is 11.6 Å². The van der Waals surface area contributed by atoms with E-state index in [1.54, 1.807) is 12.0 Å². The van der Waals surface area contributed by atoms with Crippen LogP contribution in [-0.4, -0.2) is 49.2 Å². The third kappa shape index (κ3) is 5.95. The molecule has 0 atom stereocenters. The zero-order chi connectivity index (χ0) is 15.8. The third-order valence-electron chi connectivity index (χ3n) is 2.61. The Labute approximate surface area is 126 Å². The summed E-state index contributed by atoms with van der Waals surface area (Å²) in [6.45, 7) is 7.20. The molecule has 1 rings (SSSR count). The van der Waals surface area contributed by atoms with Gasteiger partial charge in [0, 0.05) is 32.8 Å². The van der Waals surface area contributed by atoms with Crippen LogP contribution in [0.2, 0.25) is 0 Å². The molecule has 0 aliphatic rings. The van der Waals surface area contributed by atoms with Crippen molar-refractivity contribution in [1.29, 1.82) is 0 Å². The van der Waals surface area contributed by atoms with Crippen molar-refractivity contribution in [2.45, 2.75) is 33.4 Å². The molecule has 0 saturated heterocycles. The van der Waals surface area contributed by atoms with E-state index in [2.05, 4.69) is 20.6 Å². The molecular formula is C14H25N5O2. The van der Waals surface area contributed by atoms with E-state index in [1.807, 2.05) is 33.9 Å². The van der Waals surface area contributed by atoms with Crippen molar-refractivity contribution in [3.8, 4) is 0 Å². The molecule has 0 radical (unpaired) electrons. The van der Waals surface area contributed by atoms with Gasteiger partial charge in [-0.3, -0.25) is 4.79 Å². The summed E-state index contributed by atoms with van der Waals surface area (Å²) in [5, 5.41) is 6.01. The second-order valence-electron chi connectivity index (χ2n) is 5.07. The molecule has 2 N–H and O–H groups in total. The summed E-state index contributed by atoms with van der Waals surface area (Å²) in [7, 11) is 3.43. The maximum atomic E-state index is 11.8. The van der Waals surface area contributed by atoms with Gasteiger partial charge < -0.3 is 20.3 Å². The number of rotatable bonds is 8. The van der Waals surface area contributed by atoms with Crippen LogP contribution in [0.3, 0.4) is 0 Å². The van der Waals surface area contributed by atoms with E-state index >= 15 is 0 Å². The zero-order valence-corrected chi connectivity index (χ0v) is 13.4. The second-order valence-corrected chi connectivity index (χ2v) is 5.07. The van der Waals surface area contributed by atoms with Crippen LogP contribution in [0.1, 0.15) is 26.6 Å². The van der Waals surface area contributed by atoms with Crippen LogP contribution in [-0.2, 0) is 16.1 Å². The Morgan fingerprint density at radius 1 is 1.43 bits per heavy atom. The number of amides is 1. The van der Waals surface area contributed by atoms with E-state index < -0.39 is 0 Å². The fourth-order valence-corrected chi connectivity index (χ4v) is 1.81. The second kappa shape index (κ2) is 8.41. The molecule has 1 aromatic rings. The molecule has 0 aliphatic heterocycles. The number of methoxy groups -OCH3 is 1. The number of hydrogen-bond donors (Lipinski definition) is 2. The molecule has 0 aromatic carbocycles. The van der Waals surface area contributed by atoms with Crippen molar-refractivity contribution >= 4 is 17.5 Å². The highest BCUT2D eigenvalue weighted by molar-refractivity contribution is 5.81. The fraction of sp³-hybridized carbons (Fsp3) is 0.643. The smallest absolute Gasteiger partial charge is 0.239 e. The molecule has 1 heterocycles. The highest BCUT2D eigenvalue weighted by atomic mass is 16.5. The number of hydrogen-bond acceptors (Lipinski definition) is 6. The molecule has 1 aromatic heterocycles. The van der Waals surface area contributed by atoms with Gasteiger partial charge in [0.25, 0.3) is 0 Å². The van der Waals surface area contributed by atoms with Crippen LogP contribution in [0, 0.1) is 0 Å². The minimum absolute atomic E-state index is 0.0376. The number of carbonyl (C=O) groups is 1. The number of carbonyl (C=O) groups excluding carboxylic acids is 1. The van der Waals surface area contributed by atoms with Gasteiger partial charge in [0.15, 0.2) is 5.82 Å². The topological polar surface area (TPSA) is 79.4 Å². The Morgan fingerprint density at radius 2 is 2.14 bits per heavy atom. The lowest BCUT2D eigenvalue weighted by Gasteiger charge is -2.20. The molecule has 0 fully saturated rings. The fourth-order valence-electron chi connectivity index (χ4n) is 1.81. The minimum Gasteiger partial charge on any atom is -0.377 e. The van der Waals surface area contributed by atoms with Gasteiger partial charge in [0.1, 0.15) is 18.2 Å². The third-order valence-corrected chi connectivity index (χ3v) is 2.61. The number of aromatic nitrogens is 2. The van der Waals surface area contributed by atoms with E-state index in [-0.39, 0.29) is 18.5 Å². The van der Waals surface area contributed by atoms with Gasteiger partial charge in [-0.2, -0.15) is 0 Å². The molecule has 7 heteroatoms. The number of nitrogens with zero attached hydrogens (tertiary/aromatic N) is 3. The first-order chi connectivity index (χ1) is 9.96. The molecular weight excluding hydrogens is 270 g/mol. The number of likely N-dealkylation sites (N-methyl/N-ethyl adjacent to an activating group) is 1. The molecule has 0 unspecified atom stereocenters. The van der Waals surface area contributed by atoms with Crippen molar-refractivity contribution in [2.24, 2.45) is 0 Å². The van der Waals surface area contributed by atoms with Crippen molar-refractivity contribution < 1.29 is 9.53 Å². The highest BCUT2D eigenvalue weighted by Gasteiger charge is 2.12. The van der Waals surface area contributed by atoms with Crippen LogP contribution in [0.25, 0.3) is 0 Å². The predicted octanol–water partition coefficient (Wildman–Crippen LogP) is 1.02. The largest absolute Gasteiger partial charge is 0.377 e. The Hall–Kier alpha value is -1.89. The average Bonchev–Trinajstić information content (AvgIpc) is 2.38. The van der Waals surface area contributed by atoms with Crippen LogP contribution >= 0.6 is 0 Å². The molecule has 0 bridgehead atoms. The standard InChI is InChI=1S/C14H25N5O2/c1-6-15-11-7-13(18-12(17-11)9-21-5)19(4)8-14(20)16-10(2)3/h7,10H,6,8-9H2,1-5H3,(H,16,20)(H,15,17,18). The molecule has 1 amide bonds. The molecule has 0 spiro atoms. The first kappa shape index (κ1) is 17.2. The normalized spacial score (nSPS) is 10.6. The van der Waals surface area contributed by atoms with Gasteiger partial charge in [-0.05, 0) is 20.8 Å². The monoisotopic (exact) mass is 295 g/mol. The molecule has 0 aliphatic carbocycles. The Bertz CT molecular complexity index is 440. The van der Waals surface area contributed by atoms with Crippen LogP contribution in [0.5, 0.6) is 0 Å². The predicted molar refractivity (Wildman–Crippen MR) is 83.5 cm³/mol. The van der Waals surface area contributed by atoms with Gasteiger partial charge in [-0.1, -0.05) is 0 Å². The minimum atomic E-state index is -0.0376. The van der Waals surface area contributed by atoms with E-state index in [0.717, 1.165) is 12.4 Å². The van der Waals surface area contributed by atoms with Crippen LogP contribution in [0.15, 0.2) is 6.07 Å². The van der Waals surface area contributed by atoms with Gasteiger partial charge in [-0.25, -0.2) is 9.97 Å². The van der Waals surface area contributed by atoms with E-state index in [4.69, 9.17) is 4.74 Å². The maximum absolute atomic E-state index is 11.8. The molecule has 21 heavy (non-hydrogen) atoms. The first-order valence-electron chi connectivity index (χ1n) is 7.07. The van der Waals surface area contributed by atoms with Crippen molar-refractivity contribution in [3.63, 3.8) is 0 Å². The first-order valence-corrected chi connectivity index (χ1v) is 7.07.